The molecule has 0 spiro atoms. The average Bonchev–Trinajstić information content (AvgIpc) is 2.25. The molecule has 0 unspecified atom stereocenters. The Morgan fingerprint density at radius 1 is 1.62 bits per heavy atom. The molecule has 1 aromatic rings. The highest BCUT2D eigenvalue weighted by Gasteiger charge is 2.14. The van der Waals surface area contributed by atoms with Crippen molar-refractivity contribution < 1.29 is 19.6 Å². The minimum Gasteiger partial charge on any atom is -0.481 e. The van der Waals surface area contributed by atoms with Gasteiger partial charge in [0.1, 0.15) is 5.69 Å². The average molecular weight is 224 g/mol. The van der Waals surface area contributed by atoms with Crippen molar-refractivity contribution in [1.29, 1.82) is 0 Å². The summed E-state index contributed by atoms with van der Waals surface area (Å²) in [4.78, 5) is 24.0. The van der Waals surface area contributed by atoms with Gasteiger partial charge < -0.3 is 9.84 Å². The quantitative estimate of drug-likeness (QED) is 0.466. The topological polar surface area (TPSA) is 103 Å². The molecule has 1 N–H and O–H groups in total. The number of aliphatic carboxylic acids is 1. The lowest BCUT2D eigenvalue weighted by molar-refractivity contribution is -0.385. The molecule has 0 radical (unpaired) electrons. The third-order valence-corrected chi connectivity index (χ3v) is 1.67. The number of hydrogen-bond acceptors (Lipinski definition) is 5. The van der Waals surface area contributed by atoms with Crippen LogP contribution in [0, 0.1) is 10.1 Å². The summed E-state index contributed by atoms with van der Waals surface area (Å²) in [5.41, 5.74) is -0.343. The van der Waals surface area contributed by atoms with E-state index in [0.717, 1.165) is 12.2 Å². The molecule has 0 aliphatic carbocycles. The van der Waals surface area contributed by atoms with Crippen LogP contribution >= 0.6 is 0 Å². The molecular formula is C9H8N2O5. The molecule has 0 bridgehead atoms. The second-order valence-corrected chi connectivity index (χ2v) is 2.69. The van der Waals surface area contributed by atoms with E-state index in [1.54, 1.807) is 0 Å². The first kappa shape index (κ1) is 11.6. The van der Waals surface area contributed by atoms with Crippen molar-refractivity contribution in [3.8, 4) is 5.88 Å². The molecule has 16 heavy (non-hydrogen) atoms. The summed E-state index contributed by atoms with van der Waals surface area (Å²) in [6, 6.07) is 2.53. The number of ether oxygens (including phenoxy) is 1. The van der Waals surface area contributed by atoms with Gasteiger partial charge >= 0.3 is 5.97 Å². The third kappa shape index (κ3) is 2.77. The fourth-order valence-electron chi connectivity index (χ4n) is 0.990. The van der Waals surface area contributed by atoms with Crippen LogP contribution in [0.25, 0.3) is 6.08 Å². The van der Waals surface area contributed by atoms with Crippen molar-refractivity contribution >= 4 is 17.7 Å². The van der Waals surface area contributed by atoms with Crippen LogP contribution in [0.5, 0.6) is 5.88 Å². The van der Waals surface area contributed by atoms with E-state index in [9.17, 15) is 14.9 Å². The molecule has 0 atom stereocenters. The summed E-state index contributed by atoms with van der Waals surface area (Å²) < 4.78 is 4.78. The van der Waals surface area contributed by atoms with E-state index in [1.807, 2.05) is 0 Å². The van der Waals surface area contributed by atoms with Crippen molar-refractivity contribution in [1.82, 2.24) is 4.98 Å². The number of methoxy groups -OCH3 is 1. The normalized spacial score (nSPS) is 10.3. The maximum absolute atomic E-state index is 10.6. The number of carboxylic acids is 1. The molecule has 0 amide bonds. The number of nitro groups is 1. The van der Waals surface area contributed by atoms with Crippen molar-refractivity contribution in [2.45, 2.75) is 0 Å². The van der Waals surface area contributed by atoms with Crippen molar-refractivity contribution in [3.63, 3.8) is 0 Å². The van der Waals surface area contributed by atoms with Crippen LogP contribution in [0.15, 0.2) is 18.2 Å². The summed E-state index contributed by atoms with van der Waals surface area (Å²) in [5, 5.41) is 19.0. The van der Waals surface area contributed by atoms with E-state index in [2.05, 4.69) is 4.98 Å². The first-order valence-corrected chi connectivity index (χ1v) is 4.15. The fourth-order valence-corrected chi connectivity index (χ4v) is 0.990. The molecule has 0 saturated carbocycles. The Balaban J connectivity index is 3.20. The Morgan fingerprint density at radius 2 is 2.31 bits per heavy atom. The van der Waals surface area contributed by atoms with Crippen molar-refractivity contribution in [2.24, 2.45) is 0 Å². The van der Waals surface area contributed by atoms with Crippen LogP contribution in [-0.4, -0.2) is 28.1 Å². The molecule has 1 rings (SSSR count). The largest absolute Gasteiger partial charge is 0.481 e. The zero-order chi connectivity index (χ0) is 12.1. The Labute approximate surface area is 90.1 Å². The van der Waals surface area contributed by atoms with Crippen LogP contribution < -0.4 is 4.74 Å². The monoisotopic (exact) mass is 224 g/mol. The van der Waals surface area contributed by atoms with Crippen molar-refractivity contribution in [2.75, 3.05) is 7.11 Å². The highest BCUT2D eigenvalue weighted by Crippen LogP contribution is 2.21. The van der Waals surface area contributed by atoms with Gasteiger partial charge in [-0.2, -0.15) is 0 Å². The predicted molar refractivity (Wildman–Crippen MR) is 54.1 cm³/mol. The summed E-state index contributed by atoms with van der Waals surface area (Å²) >= 11 is 0. The molecule has 7 nitrogen and oxygen atoms in total. The second-order valence-electron chi connectivity index (χ2n) is 2.69. The fraction of sp³-hybridized carbons (Fsp3) is 0.111. The summed E-state index contributed by atoms with van der Waals surface area (Å²) in [5.74, 6) is -1.03. The lowest BCUT2D eigenvalue weighted by Crippen LogP contribution is -1.97. The Hall–Kier alpha value is -2.44. The maximum atomic E-state index is 10.6. The van der Waals surface area contributed by atoms with E-state index < -0.39 is 10.9 Å². The minimum absolute atomic E-state index is 0.0632. The predicted octanol–water partition coefficient (Wildman–Crippen LogP) is 1.10. The van der Waals surface area contributed by atoms with E-state index in [4.69, 9.17) is 9.84 Å². The molecule has 0 fully saturated rings. The van der Waals surface area contributed by atoms with Gasteiger partial charge in [-0.25, -0.2) is 9.78 Å². The number of aromatic nitrogens is 1. The van der Waals surface area contributed by atoms with E-state index in [-0.39, 0.29) is 17.3 Å². The first-order valence-electron chi connectivity index (χ1n) is 4.15. The van der Waals surface area contributed by atoms with Gasteiger partial charge in [0.25, 0.3) is 5.69 Å². The van der Waals surface area contributed by atoms with E-state index in [1.165, 1.54) is 19.2 Å². The molecular weight excluding hydrogens is 216 g/mol. The van der Waals surface area contributed by atoms with Gasteiger partial charge in [0, 0.05) is 18.2 Å². The molecule has 0 aromatic carbocycles. The Morgan fingerprint density at radius 3 is 2.81 bits per heavy atom. The van der Waals surface area contributed by atoms with E-state index >= 15 is 0 Å². The summed E-state index contributed by atoms with van der Waals surface area (Å²) in [7, 11) is 1.36. The van der Waals surface area contributed by atoms with Crippen LogP contribution in [0.2, 0.25) is 0 Å². The summed E-state index contributed by atoms with van der Waals surface area (Å²) in [6.07, 6.45) is 1.82. The third-order valence-electron chi connectivity index (χ3n) is 1.67. The number of carbonyl (C=O) groups is 1. The lowest BCUT2D eigenvalue weighted by Gasteiger charge is -2.00. The van der Waals surface area contributed by atoms with Gasteiger partial charge in [-0.1, -0.05) is 0 Å². The van der Waals surface area contributed by atoms with Crippen LogP contribution in [0.3, 0.4) is 0 Å². The number of carboxylic acid groups (broad SMARTS) is 1. The standard InChI is InChI=1S/C9H8N2O5/c1-16-8-4-3-7(11(14)15)6(10-8)2-5-9(12)13/h2-5H,1H3,(H,12,13)/b5-2+. The van der Waals surface area contributed by atoms with E-state index in [0.29, 0.717) is 0 Å². The highest BCUT2D eigenvalue weighted by atomic mass is 16.6. The number of pyridine rings is 1. The van der Waals surface area contributed by atoms with Gasteiger partial charge in [0.2, 0.25) is 5.88 Å². The molecule has 0 saturated heterocycles. The zero-order valence-corrected chi connectivity index (χ0v) is 8.28. The number of nitrogens with zero attached hydrogens (tertiary/aromatic N) is 2. The molecule has 0 aliphatic rings. The number of rotatable bonds is 4. The van der Waals surface area contributed by atoms with Crippen LogP contribution in [0.4, 0.5) is 5.69 Å². The molecule has 0 aliphatic heterocycles. The Bertz CT molecular complexity index is 455. The minimum atomic E-state index is -1.21. The van der Waals surface area contributed by atoms with Gasteiger partial charge in [-0.05, 0) is 6.08 Å². The van der Waals surface area contributed by atoms with Gasteiger partial charge in [0.05, 0.1) is 12.0 Å². The smallest absolute Gasteiger partial charge is 0.328 e. The molecule has 1 aromatic heterocycles. The maximum Gasteiger partial charge on any atom is 0.328 e. The molecule has 7 heteroatoms. The van der Waals surface area contributed by atoms with Gasteiger partial charge in [-0.15, -0.1) is 0 Å². The SMILES string of the molecule is COc1ccc([N+](=O)[O-])c(/C=C/C(=O)O)n1. The van der Waals surface area contributed by atoms with Crippen LogP contribution in [0.1, 0.15) is 5.69 Å². The molecule has 1 heterocycles. The zero-order valence-electron chi connectivity index (χ0n) is 8.28. The molecule has 84 valence electrons. The summed E-state index contributed by atoms with van der Waals surface area (Å²) in [6.45, 7) is 0. The first-order chi connectivity index (χ1) is 7.54. The van der Waals surface area contributed by atoms with Gasteiger partial charge in [0.15, 0.2) is 0 Å². The number of hydrogen-bond donors (Lipinski definition) is 1. The lowest BCUT2D eigenvalue weighted by atomic mass is 10.2. The van der Waals surface area contributed by atoms with Crippen molar-refractivity contribution in [3.05, 3.63) is 34.0 Å². The highest BCUT2D eigenvalue weighted by molar-refractivity contribution is 5.85. The van der Waals surface area contributed by atoms with Crippen LogP contribution in [-0.2, 0) is 4.79 Å². The second kappa shape index (κ2) is 4.87. The van der Waals surface area contributed by atoms with Gasteiger partial charge in [-0.3, -0.25) is 10.1 Å². The Kier molecular flexibility index (Phi) is 3.54.